The first-order valence-corrected chi connectivity index (χ1v) is 5.15. The minimum absolute atomic E-state index is 0.189. The highest BCUT2D eigenvalue weighted by molar-refractivity contribution is 6.31. The fraction of sp³-hybridized carbons (Fsp3) is 0.400. The molecule has 0 aliphatic rings. The van der Waals surface area contributed by atoms with Crippen molar-refractivity contribution in [3.63, 3.8) is 0 Å². The van der Waals surface area contributed by atoms with Gasteiger partial charge in [-0.3, -0.25) is 0 Å². The topological polar surface area (TPSA) is 3.24 Å². The fourth-order valence-corrected chi connectivity index (χ4v) is 2.02. The standard InChI is InChI=1S/C10H12Cl2FN/c1-14(2)9(6-11)10-7(12)4-3-5-8(10)13/h3-5,9H,6H2,1-2H3. The molecule has 0 N–H and O–H groups in total. The minimum Gasteiger partial charge on any atom is -0.301 e. The highest BCUT2D eigenvalue weighted by Crippen LogP contribution is 2.29. The lowest BCUT2D eigenvalue weighted by atomic mass is 10.1. The number of halogens is 3. The lowest BCUT2D eigenvalue weighted by Gasteiger charge is -2.23. The predicted molar refractivity (Wildman–Crippen MR) is 58.6 cm³/mol. The van der Waals surface area contributed by atoms with E-state index in [9.17, 15) is 4.39 Å². The molecule has 0 radical (unpaired) electrons. The molecular formula is C10H12Cl2FN. The third-order valence-electron chi connectivity index (χ3n) is 2.10. The van der Waals surface area contributed by atoms with Gasteiger partial charge >= 0.3 is 0 Å². The highest BCUT2D eigenvalue weighted by Gasteiger charge is 2.19. The van der Waals surface area contributed by atoms with Crippen molar-refractivity contribution in [3.8, 4) is 0 Å². The summed E-state index contributed by atoms with van der Waals surface area (Å²) in [5.74, 6) is 0.00468. The van der Waals surface area contributed by atoms with E-state index in [0.717, 1.165) is 0 Å². The van der Waals surface area contributed by atoms with Crippen LogP contribution < -0.4 is 0 Å². The second kappa shape index (κ2) is 4.96. The van der Waals surface area contributed by atoms with E-state index in [0.29, 0.717) is 16.5 Å². The molecule has 0 aliphatic carbocycles. The van der Waals surface area contributed by atoms with E-state index in [-0.39, 0.29) is 11.9 Å². The Kier molecular flexibility index (Phi) is 4.17. The summed E-state index contributed by atoms with van der Waals surface area (Å²) in [7, 11) is 3.69. The Labute approximate surface area is 93.4 Å². The van der Waals surface area contributed by atoms with E-state index in [1.165, 1.54) is 6.07 Å². The van der Waals surface area contributed by atoms with E-state index in [2.05, 4.69) is 0 Å². The Balaban J connectivity index is 3.15. The second-order valence-corrected chi connectivity index (χ2v) is 3.98. The van der Waals surface area contributed by atoms with Gasteiger partial charge < -0.3 is 4.90 Å². The van der Waals surface area contributed by atoms with Gasteiger partial charge in [-0.2, -0.15) is 0 Å². The quantitative estimate of drug-likeness (QED) is 0.727. The Morgan fingerprint density at radius 2 is 2.07 bits per heavy atom. The molecule has 0 saturated heterocycles. The average Bonchev–Trinajstić information content (AvgIpc) is 2.10. The molecule has 0 saturated carbocycles. The van der Waals surface area contributed by atoms with Crippen LogP contribution in [0, 0.1) is 5.82 Å². The molecule has 0 aromatic heterocycles. The summed E-state index contributed by atoms with van der Waals surface area (Å²) in [4.78, 5) is 1.84. The smallest absolute Gasteiger partial charge is 0.129 e. The highest BCUT2D eigenvalue weighted by atomic mass is 35.5. The van der Waals surface area contributed by atoms with Crippen LogP contribution in [0.3, 0.4) is 0 Å². The molecular weight excluding hydrogens is 224 g/mol. The zero-order valence-corrected chi connectivity index (χ0v) is 9.61. The van der Waals surface area contributed by atoms with Crippen LogP contribution in [0.15, 0.2) is 18.2 Å². The Bertz CT molecular complexity index is 295. The van der Waals surface area contributed by atoms with Crippen LogP contribution in [0.1, 0.15) is 11.6 Å². The van der Waals surface area contributed by atoms with Gasteiger partial charge in [-0.1, -0.05) is 17.7 Å². The summed E-state index contributed by atoms with van der Waals surface area (Å²) < 4.78 is 13.5. The maximum Gasteiger partial charge on any atom is 0.129 e. The van der Waals surface area contributed by atoms with Crippen molar-refractivity contribution in [2.45, 2.75) is 6.04 Å². The van der Waals surface area contributed by atoms with Crippen LogP contribution in [-0.2, 0) is 0 Å². The number of rotatable bonds is 3. The first kappa shape index (κ1) is 11.8. The summed E-state index contributed by atoms with van der Waals surface area (Å²) in [6.07, 6.45) is 0. The lowest BCUT2D eigenvalue weighted by Crippen LogP contribution is -2.22. The molecule has 14 heavy (non-hydrogen) atoms. The first-order chi connectivity index (χ1) is 6.57. The Morgan fingerprint density at radius 1 is 1.43 bits per heavy atom. The van der Waals surface area contributed by atoms with Crippen LogP contribution in [-0.4, -0.2) is 24.9 Å². The van der Waals surface area contributed by atoms with E-state index in [1.807, 2.05) is 19.0 Å². The molecule has 1 atom stereocenters. The van der Waals surface area contributed by atoms with Gasteiger partial charge in [-0.05, 0) is 26.2 Å². The Morgan fingerprint density at radius 3 is 2.50 bits per heavy atom. The summed E-state index contributed by atoms with van der Waals surface area (Å²) in [5, 5.41) is 0.421. The number of benzene rings is 1. The van der Waals surface area contributed by atoms with E-state index in [4.69, 9.17) is 23.2 Å². The maximum absolute atomic E-state index is 13.5. The van der Waals surface area contributed by atoms with Gasteiger partial charge in [-0.25, -0.2) is 4.39 Å². The van der Waals surface area contributed by atoms with Gasteiger partial charge in [-0.15, -0.1) is 11.6 Å². The van der Waals surface area contributed by atoms with Gasteiger partial charge in [0.15, 0.2) is 0 Å². The summed E-state index contributed by atoms with van der Waals surface area (Å²) >= 11 is 11.7. The number of hydrogen-bond acceptors (Lipinski definition) is 1. The monoisotopic (exact) mass is 235 g/mol. The SMILES string of the molecule is CN(C)C(CCl)c1c(F)cccc1Cl. The van der Waals surface area contributed by atoms with Crippen LogP contribution in [0.25, 0.3) is 0 Å². The molecule has 1 aromatic carbocycles. The second-order valence-electron chi connectivity index (χ2n) is 3.27. The Hall–Kier alpha value is -0.310. The molecule has 1 unspecified atom stereocenters. The predicted octanol–water partition coefficient (Wildman–Crippen LogP) is 3.32. The van der Waals surface area contributed by atoms with Crippen molar-refractivity contribution in [2.24, 2.45) is 0 Å². The van der Waals surface area contributed by atoms with Gasteiger partial charge in [0, 0.05) is 16.5 Å². The van der Waals surface area contributed by atoms with Crippen molar-refractivity contribution in [2.75, 3.05) is 20.0 Å². The fourth-order valence-electron chi connectivity index (χ4n) is 1.30. The largest absolute Gasteiger partial charge is 0.301 e. The molecule has 4 heteroatoms. The van der Waals surface area contributed by atoms with E-state index >= 15 is 0 Å². The van der Waals surface area contributed by atoms with Gasteiger partial charge in [0.25, 0.3) is 0 Å². The van der Waals surface area contributed by atoms with Crippen molar-refractivity contribution in [1.82, 2.24) is 4.90 Å². The molecule has 0 fully saturated rings. The summed E-state index contributed by atoms with van der Waals surface area (Å²) in [6.45, 7) is 0. The first-order valence-electron chi connectivity index (χ1n) is 4.24. The van der Waals surface area contributed by atoms with E-state index < -0.39 is 0 Å². The normalized spacial score (nSPS) is 13.3. The van der Waals surface area contributed by atoms with Gasteiger partial charge in [0.2, 0.25) is 0 Å². The number of alkyl halides is 1. The summed E-state index contributed by atoms with van der Waals surface area (Å²) in [6, 6.07) is 4.46. The summed E-state index contributed by atoms with van der Waals surface area (Å²) in [5.41, 5.74) is 0.467. The number of nitrogens with zero attached hydrogens (tertiary/aromatic N) is 1. The zero-order chi connectivity index (χ0) is 10.7. The molecule has 0 amide bonds. The lowest BCUT2D eigenvalue weighted by molar-refractivity contribution is 0.316. The third kappa shape index (κ3) is 2.38. The molecule has 0 aliphatic heterocycles. The minimum atomic E-state index is -0.308. The molecule has 1 nitrogen and oxygen atoms in total. The molecule has 78 valence electrons. The maximum atomic E-state index is 13.5. The average molecular weight is 236 g/mol. The van der Waals surface area contributed by atoms with Crippen LogP contribution in [0.4, 0.5) is 4.39 Å². The van der Waals surface area contributed by atoms with Crippen LogP contribution >= 0.6 is 23.2 Å². The molecule has 0 spiro atoms. The van der Waals surface area contributed by atoms with Crippen molar-refractivity contribution in [3.05, 3.63) is 34.6 Å². The van der Waals surface area contributed by atoms with Gasteiger partial charge in [0.05, 0.1) is 6.04 Å². The van der Waals surface area contributed by atoms with Crippen molar-refractivity contribution in [1.29, 1.82) is 0 Å². The molecule has 0 bridgehead atoms. The molecule has 0 heterocycles. The van der Waals surface area contributed by atoms with E-state index in [1.54, 1.807) is 12.1 Å². The third-order valence-corrected chi connectivity index (χ3v) is 2.72. The molecule has 1 aromatic rings. The number of hydrogen-bond donors (Lipinski definition) is 0. The van der Waals surface area contributed by atoms with Crippen LogP contribution in [0.5, 0.6) is 0 Å². The zero-order valence-electron chi connectivity index (χ0n) is 8.10. The van der Waals surface area contributed by atoms with Crippen molar-refractivity contribution >= 4 is 23.2 Å². The molecule has 1 rings (SSSR count). The van der Waals surface area contributed by atoms with Crippen LogP contribution in [0.2, 0.25) is 5.02 Å². The van der Waals surface area contributed by atoms with Crippen molar-refractivity contribution < 1.29 is 4.39 Å². The van der Waals surface area contributed by atoms with Gasteiger partial charge in [0.1, 0.15) is 5.82 Å².